The number of ketones is 1. The number of rotatable bonds is 8. The lowest BCUT2D eigenvalue weighted by atomic mass is 9.85. The molecule has 1 fully saturated rings. The van der Waals surface area contributed by atoms with Gasteiger partial charge in [-0.15, -0.1) is 0 Å². The third-order valence-corrected chi connectivity index (χ3v) is 6.78. The molecule has 0 aliphatic carbocycles. The number of phenolic OH excluding ortho intramolecular Hbond substituents is 1. The zero-order chi connectivity index (χ0) is 26.0. The number of carbonyl (C=O) groups excluding carboxylic acids is 2. The summed E-state index contributed by atoms with van der Waals surface area (Å²) in [5.41, 5.74) is 2.50. The quantitative estimate of drug-likeness (QED) is 0.322. The van der Waals surface area contributed by atoms with Gasteiger partial charge in [-0.1, -0.05) is 19.9 Å². The van der Waals surface area contributed by atoms with Gasteiger partial charge in [-0.3, -0.25) is 9.59 Å². The number of carbonyl (C=O) groups is 2. The Morgan fingerprint density at radius 1 is 1.11 bits per heavy atom. The van der Waals surface area contributed by atoms with Crippen LogP contribution in [0.15, 0.2) is 47.1 Å². The van der Waals surface area contributed by atoms with Crippen molar-refractivity contribution in [2.75, 3.05) is 6.61 Å². The summed E-state index contributed by atoms with van der Waals surface area (Å²) < 4.78 is 37.1. The molecule has 7 nitrogen and oxygen atoms in total. The number of hydrogen-bond donors (Lipinski definition) is 1. The first-order chi connectivity index (χ1) is 17.1. The molecule has 0 radical (unpaired) electrons. The molecule has 1 aliphatic heterocycles. The van der Waals surface area contributed by atoms with Crippen molar-refractivity contribution in [3.63, 3.8) is 0 Å². The number of aromatic hydroxyl groups is 1. The highest BCUT2D eigenvalue weighted by molar-refractivity contribution is 6.01. The number of esters is 1. The molecule has 3 aromatic rings. The van der Waals surface area contributed by atoms with E-state index in [0.29, 0.717) is 12.0 Å². The molecular formula is C28H31FO7. The standard InChI is InChI=1S/C28H31FO7/c1-15-11-22(32)26(21(31)7-5-19-6-8-23-20(13-19)9-10-33-23)24(12-15)35-28-17(3)16(2)27(29)25(36-28)14-34-18(4)30/h6,8-13,16-17,25,27-28,32H,5,7,14H2,1-4H3. The summed E-state index contributed by atoms with van der Waals surface area (Å²) in [6.07, 6.45) is -1.02. The Kier molecular flexibility index (Phi) is 7.64. The van der Waals surface area contributed by atoms with Gasteiger partial charge in [-0.2, -0.15) is 0 Å². The largest absolute Gasteiger partial charge is 0.507 e. The van der Waals surface area contributed by atoms with Crippen LogP contribution in [-0.2, 0) is 20.7 Å². The zero-order valence-electron chi connectivity index (χ0n) is 20.8. The molecule has 1 aliphatic rings. The van der Waals surface area contributed by atoms with Crippen LogP contribution in [0.4, 0.5) is 4.39 Å². The SMILES string of the molecule is CC(=O)OCC1OC(Oc2cc(C)cc(O)c2C(=O)CCc2ccc3occc3c2)C(C)C(C)C1F. The van der Waals surface area contributed by atoms with Gasteiger partial charge in [0.2, 0.25) is 6.29 Å². The monoisotopic (exact) mass is 498 g/mol. The van der Waals surface area contributed by atoms with E-state index < -0.39 is 30.5 Å². The van der Waals surface area contributed by atoms with Crippen LogP contribution in [0.5, 0.6) is 11.5 Å². The molecular weight excluding hydrogens is 467 g/mol. The Labute approximate surface area is 209 Å². The van der Waals surface area contributed by atoms with Crippen LogP contribution in [-0.4, -0.2) is 42.0 Å². The van der Waals surface area contributed by atoms with E-state index >= 15 is 0 Å². The molecule has 1 aromatic heterocycles. The average Bonchev–Trinajstić information content (AvgIpc) is 3.29. The van der Waals surface area contributed by atoms with Crippen LogP contribution in [0.3, 0.4) is 0 Å². The lowest BCUT2D eigenvalue weighted by Crippen LogP contribution is -2.51. The van der Waals surface area contributed by atoms with E-state index in [9.17, 15) is 19.1 Å². The molecule has 4 rings (SSSR count). The first kappa shape index (κ1) is 25.7. The molecule has 2 heterocycles. The predicted molar refractivity (Wildman–Crippen MR) is 131 cm³/mol. The molecule has 0 spiro atoms. The van der Waals surface area contributed by atoms with E-state index in [0.717, 1.165) is 16.5 Å². The van der Waals surface area contributed by atoms with Crippen molar-refractivity contribution < 1.29 is 37.7 Å². The maximum absolute atomic E-state index is 14.9. The smallest absolute Gasteiger partial charge is 0.302 e. The van der Waals surface area contributed by atoms with Gasteiger partial charge in [-0.05, 0) is 60.7 Å². The highest BCUT2D eigenvalue weighted by atomic mass is 19.1. The van der Waals surface area contributed by atoms with Crippen molar-refractivity contribution in [3.05, 3.63) is 59.4 Å². The van der Waals surface area contributed by atoms with Crippen molar-refractivity contribution in [1.29, 1.82) is 0 Å². The molecule has 0 saturated carbocycles. The number of halogens is 1. The second-order valence-corrected chi connectivity index (χ2v) is 9.50. The molecule has 2 aromatic carbocycles. The number of fused-ring (bicyclic) bond motifs is 1. The highest BCUT2D eigenvalue weighted by Crippen LogP contribution is 2.38. The molecule has 5 unspecified atom stereocenters. The Bertz CT molecular complexity index is 1250. The van der Waals surface area contributed by atoms with Crippen molar-refractivity contribution in [1.82, 2.24) is 0 Å². The summed E-state index contributed by atoms with van der Waals surface area (Å²) in [5.74, 6) is -1.63. The van der Waals surface area contributed by atoms with Crippen LogP contribution in [0.2, 0.25) is 0 Å². The van der Waals surface area contributed by atoms with Gasteiger partial charge in [-0.25, -0.2) is 4.39 Å². The number of benzene rings is 2. The molecule has 1 N–H and O–H groups in total. The van der Waals surface area contributed by atoms with Gasteiger partial charge in [0.1, 0.15) is 41.5 Å². The second-order valence-electron chi connectivity index (χ2n) is 9.50. The fraction of sp³-hybridized carbons (Fsp3) is 0.429. The molecule has 0 bridgehead atoms. The van der Waals surface area contributed by atoms with E-state index in [1.54, 1.807) is 33.1 Å². The molecule has 5 atom stereocenters. The molecule has 0 amide bonds. The number of alkyl halides is 1. The van der Waals surface area contributed by atoms with Gasteiger partial charge in [0.25, 0.3) is 0 Å². The first-order valence-electron chi connectivity index (χ1n) is 12.1. The predicted octanol–water partition coefficient (Wildman–Crippen LogP) is 5.54. The van der Waals surface area contributed by atoms with Crippen LogP contribution >= 0.6 is 0 Å². The second kappa shape index (κ2) is 10.7. The van der Waals surface area contributed by atoms with Crippen molar-refractivity contribution in [2.24, 2.45) is 11.8 Å². The minimum atomic E-state index is -1.35. The fourth-order valence-corrected chi connectivity index (χ4v) is 4.50. The van der Waals surface area contributed by atoms with E-state index in [-0.39, 0.29) is 41.8 Å². The van der Waals surface area contributed by atoms with Crippen LogP contribution in [0.25, 0.3) is 11.0 Å². The number of hydrogen-bond acceptors (Lipinski definition) is 7. The lowest BCUT2D eigenvalue weighted by molar-refractivity contribution is -0.228. The molecule has 192 valence electrons. The first-order valence-corrected chi connectivity index (χ1v) is 12.1. The highest BCUT2D eigenvalue weighted by Gasteiger charge is 2.44. The van der Waals surface area contributed by atoms with Gasteiger partial charge in [0, 0.05) is 24.6 Å². The van der Waals surface area contributed by atoms with Gasteiger partial charge in [0.15, 0.2) is 5.78 Å². The van der Waals surface area contributed by atoms with Crippen LogP contribution in [0.1, 0.15) is 48.7 Å². The minimum Gasteiger partial charge on any atom is -0.507 e. The van der Waals surface area contributed by atoms with Crippen molar-refractivity contribution in [2.45, 2.75) is 59.1 Å². The molecule has 8 heteroatoms. The number of furan rings is 1. The van der Waals surface area contributed by atoms with E-state index in [4.69, 9.17) is 18.6 Å². The third kappa shape index (κ3) is 5.54. The normalized spacial score (nSPS) is 24.0. The van der Waals surface area contributed by atoms with E-state index in [1.807, 2.05) is 24.3 Å². The van der Waals surface area contributed by atoms with Crippen molar-refractivity contribution in [3.8, 4) is 11.5 Å². The maximum Gasteiger partial charge on any atom is 0.302 e. The maximum atomic E-state index is 14.9. The zero-order valence-corrected chi connectivity index (χ0v) is 20.8. The summed E-state index contributed by atoms with van der Waals surface area (Å²) in [7, 11) is 0. The lowest BCUT2D eigenvalue weighted by Gasteiger charge is -2.41. The van der Waals surface area contributed by atoms with Crippen LogP contribution in [0, 0.1) is 18.8 Å². The fourth-order valence-electron chi connectivity index (χ4n) is 4.50. The summed E-state index contributed by atoms with van der Waals surface area (Å²) >= 11 is 0. The number of Topliss-reactive ketones (excluding diaryl/α,β-unsaturated/α-hetero) is 1. The number of phenols is 1. The summed E-state index contributed by atoms with van der Waals surface area (Å²) in [6.45, 7) is 6.32. The van der Waals surface area contributed by atoms with Gasteiger partial charge >= 0.3 is 5.97 Å². The van der Waals surface area contributed by atoms with Crippen molar-refractivity contribution >= 4 is 22.7 Å². The Morgan fingerprint density at radius 3 is 2.64 bits per heavy atom. The van der Waals surface area contributed by atoms with Gasteiger partial charge in [0.05, 0.1) is 6.26 Å². The Balaban J connectivity index is 1.53. The summed E-state index contributed by atoms with van der Waals surface area (Å²) in [5, 5.41) is 11.6. The molecule has 1 saturated heterocycles. The Hall–Kier alpha value is -3.39. The molecule has 36 heavy (non-hydrogen) atoms. The average molecular weight is 499 g/mol. The topological polar surface area (TPSA) is 95.2 Å². The summed E-state index contributed by atoms with van der Waals surface area (Å²) in [6, 6.07) is 10.8. The van der Waals surface area contributed by atoms with Gasteiger partial charge < -0.3 is 23.7 Å². The number of ether oxygens (including phenoxy) is 3. The summed E-state index contributed by atoms with van der Waals surface area (Å²) in [4.78, 5) is 24.5. The van der Waals surface area contributed by atoms with E-state index in [1.165, 1.54) is 13.0 Å². The van der Waals surface area contributed by atoms with E-state index in [2.05, 4.69) is 0 Å². The third-order valence-electron chi connectivity index (χ3n) is 6.78. The Morgan fingerprint density at radius 2 is 1.89 bits per heavy atom. The minimum absolute atomic E-state index is 0.0624. The van der Waals surface area contributed by atoms with Crippen LogP contribution < -0.4 is 4.74 Å². The number of aryl methyl sites for hydroxylation is 2.